The van der Waals surface area contributed by atoms with Gasteiger partial charge in [-0.15, -0.1) is 0 Å². The molecule has 0 aliphatic heterocycles. The predicted molar refractivity (Wildman–Crippen MR) is 4.99 cm³/mol. The van der Waals surface area contributed by atoms with Crippen LogP contribution < -0.4 is 1.38 Å². The summed E-state index contributed by atoms with van der Waals surface area (Å²) in [6, 6.07) is 0. The zero-order chi connectivity index (χ0) is 4.71. The number of hydrogen-bond acceptors (Lipinski definition) is 3. The second-order valence-corrected chi connectivity index (χ2v) is 0.714. The second-order valence-electron chi connectivity index (χ2n) is 0.0962. The SMILES string of the molecule is O.[O]=[Pr+].[O]=[Pr][O-]. The van der Waals surface area contributed by atoms with Gasteiger partial charge in [0, 0.05) is 0 Å². The zero-order valence-corrected chi connectivity index (χ0v) is 10.3. The molecule has 0 aromatic heterocycles. The summed E-state index contributed by atoms with van der Waals surface area (Å²) in [4.78, 5) is 0. The van der Waals surface area contributed by atoms with Crippen molar-refractivity contribution in [2.45, 2.75) is 0 Å². The van der Waals surface area contributed by atoms with Crippen molar-refractivity contribution in [3.63, 3.8) is 0 Å². The second kappa shape index (κ2) is 26.8. The van der Waals surface area contributed by atoms with E-state index in [0.717, 1.165) is 0 Å². The molecule has 0 unspecified atom stereocenters. The van der Waals surface area contributed by atoms with Gasteiger partial charge in [0.25, 0.3) is 0 Å². The standard InChI is InChI=1S/H2O.3O.2Pr/h1H2;;;;;/q;;;-1;;+1. The van der Waals surface area contributed by atoms with Crippen LogP contribution in [0.15, 0.2) is 0 Å². The predicted octanol–water partition coefficient (Wildman–Crippen LogP) is -2.25. The molecule has 0 radical (unpaired) electrons. The Morgan fingerprint density at radius 1 is 1.50 bits per heavy atom. The normalized spacial score (nSPS) is 2.50. The quantitative estimate of drug-likeness (QED) is 0.496. The van der Waals surface area contributed by atoms with E-state index in [2.05, 4.69) is 0 Å². The first-order valence-electron chi connectivity index (χ1n) is 0.707. The number of rotatable bonds is 0. The van der Waals surface area contributed by atoms with Gasteiger partial charge in [-0.05, 0) is 0 Å². The van der Waals surface area contributed by atoms with Crippen molar-refractivity contribution >= 4 is 0 Å². The van der Waals surface area contributed by atoms with Crippen molar-refractivity contribution < 1.29 is 86.0 Å². The molecule has 0 bridgehead atoms. The molecule has 32 valence electrons. The molecular weight excluding hydrogens is 346 g/mol. The third-order valence-electron chi connectivity index (χ3n) is 0. The van der Waals surface area contributed by atoms with Gasteiger partial charge in [0.15, 0.2) is 0 Å². The van der Waals surface area contributed by atoms with E-state index in [1.54, 1.807) is 0 Å². The van der Waals surface area contributed by atoms with Crippen LogP contribution in [0.25, 0.3) is 0 Å². The summed E-state index contributed by atoms with van der Waals surface area (Å²) in [5, 5.41) is 0. The van der Waals surface area contributed by atoms with Crippen LogP contribution in [0.1, 0.15) is 0 Å². The van der Waals surface area contributed by atoms with Crippen LogP contribution >= 0.6 is 0 Å². The molecule has 0 aromatic rings. The molecule has 2 N–H and O–H groups in total. The first kappa shape index (κ1) is 15.7. The van der Waals surface area contributed by atoms with Gasteiger partial charge < -0.3 is 5.48 Å². The van der Waals surface area contributed by atoms with Gasteiger partial charge in [0.05, 0.1) is 0 Å². The molecule has 0 atom stereocenters. The van der Waals surface area contributed by atoms with Crippen molar-refractivity contribution in [1.82, 2.24) is 0 Å². The molecule has 0 aliphatic carbocycles. The fourth-order valence-corrected chi connectivity index (χ4v) is 0. The Morgan fingerprint density at radius 2 is 1.50 bits per heavy atom. The maximum atomic E-state index is 8.58. The summed E-state index contributed by atoms with van der Waals surface area (Å²) in [6.45, 7) is 0. The molecule has 0 aliphatic rings. The van der Waals surface area contributed by atoms with Gasteiger partial charge in [-0.1, -0.05) is 0 Å². The van der Waals surface area contributed by atoms with E-state index in [0.29, 0.717) is 0 Å². The summed E-state index contributed by atoms with van der Waals surface area (Å²) in [6.07, 6.45) is 0. The molecule has 0 spiro atoms. The first-order chi connectivity index (χ1) is 2.41. The minimum atomic E-state index is -2.50. The van der Waals surface area contributed by atoms with E-state index in [-0.39, 0.29) is 44.8 Å². The van der Waals surface area contributed by atoms with Gasteiger partial charge in [-0.25, -0.2) is 0 Å². The maximum absolute atomic E-state index is 8.58. The average molecular weight is 348 g/mol. The average Bonchev–Trinajstić information content (AvgIpc) is 1.46. The van der Waals surface area contributed by atoms with Crippen LogP contribution in [0.4, 0.5) is 0 Å². The van der Waals surface area contributed by atoms with E-state index >= 15 is 0 Å². The summed E-state index contributed by atoms with van der Waals surface area (Å²) in [5.74, 6) is 0. The Kier molecular flexibility index (Phi) is 70.3. The molecule has 0 fully saturated rings. The molecule has 0 aromatic carbocycles. The molecule has 6 heavy (non-hydrogen) atoms. The fraction of sp³-hybridized carbons (Fsp3) is 0. The van der Waals surface area contributed by atoms with Crippen molar-refractivity contribution in [2.24, 2.45) is 0 Å². The van der Waals surface area contributed by atoms with Gasteiger partial charge >= 0.3 is 80.5 Å². The van der Waals surface area contributed by atoms with Crippen molar-refractivity contribution in [1.29, 1.82) is 0 Å². The topological polar surface area (TPSA) is 88.7 Å². The van der Waals surface area contributed by atoms with Crippen LogP contribution in [-0.2, 0) is 1.99 Å². The molecule has 0 heterocycles. The van der Waals surface area contributed by atoms with Crippen LogP contribution in [-0.4, -0.2) is 5.48 Å². The van der Waals surface area contributed by atoms with Gasteiger partial charge in [-0.3, -0.25) is 0 Å². The Bertz CT molecular complexity index is 19.5. The van der Waals surface area contributed by atoms with Crippen molar-refractivity contribution in [2.75, 3.05) is 0 Å². The van der Waals surface area contributed by atoms with Crippen molar-refractivity contribution in [3.05, 3.63) is 0 Å². The third kappa shape index (κ3) is 34.1. The molecule has 4 nitrogen and oxygen atoms in total. The van der Waals surface area contributed by atoms with Crippen LogP contribution in [0.3, 0.4) is 0 Å². The summed E-state index contributed by atoms with van der Waals surface area (Å²) >= 11 is -2.58. The van der Waals surface area contributed by atoms with E-state index in [1.165, 1.54) is 0 Å². The molecular formula is H2O4Pr2. The van der Waals surface area contributed by atoms with Crippen molar-refractivity contribution in [3.8, 4) is 0 Å². The Hall–Kier alpha value is 2.25. The fourth-order valence-electron chi connectivity index (χ4n) is 0. The van der Waals surface area contributed by atoms with E-state index in [4.69, 9.17) is 3.37 Å². The summed E-state index contributed by atoms with van der Waals surface area (Å²) in [7, 11) is 0. The Balaban J connectivity index is -0.0000000275. The first-order valence-corrected chi connectivity index (χ1v) is 5.24. The van der Waals surface area contributed by atoms with Gasteiger partial charge in [0.1, 0.15) is 0 Å². The molecule has 0 saturated heterocycles. The van der Waals surface area contributed by atoms with Crippen LogP contribution in [0, 0.1) is 77.2 Å². The zero-order valence-electron chi connectivity index (χ0n) is 2.88. The molecule has 0 amide bonds. The van der Waals surface area contributed by atoms with E-state index in [9.17, 15) is 0 Å². The number of hydrogen-bond donors (Lipinski definition) is 0. The Labute approximate surface area is 83.7 Å². The summed E-state index contributed by atoms with van der Waals surface area (Å²) < 4.78 is 25.6. The molecule has 0 rings (SSSR count). The van der Waals surface area contributed by atoms with E-state index < -0.39 is 37.8 Å². The molecule has 0 saturated carbocycles. The summed E-state index contributed by atoms with van der Waals surface area (Å²) in [5.41, 5.74) is 0. The van der Waals surface area contributed by atoms with Gasteiger partial charge in [-0.2, -0.15) is 0 Å². The van der Waals surface area contributed by atoms with E-state index in [1.807, 2.05) is 0 Å². The van der Waals surface area contributed by atoms with Crippen LogP contribution in [0.5, 0.6) is 0 Å². The van der Waals surface area contributed by atoms with Gasteiger partial charge in [0.2, 0.25) is 0 Å². The minimum absolute atomic E-state index is 0. The third-order valence-corrected chi connectivity index (χ3v) is 0. The van der Waals surface area contributed by atoms with Crippen LogP contribution in [0.2, 0.25) is 0 Å². The molecule has 6 heteroatoms. The Morgan fingerprint density at radius 3 is 1.50 bits per heavy atom. The monoisotopic (exact) mass is 348 g/mol.